The van der Waals surface area contributed by atoms with E-state index in [4.69, 9.17) is 18.9 Å². The molecule has 0 spiro atoms. The van der Waals surface area contributed by atoms with E-state index in [0.717, 1.165) is 6.42 Å². The largest absolute Gasteiger partial charge is 0.493 e. The van der Waals surface area contributed by atoms with Crippen LogP contribution in [0.15, 0.2) is 36.4 Å². The van der Waals surface area contributed by atoms with Crippen molar-refractivity contribution in [1.82, 2.24) is 10.9 Å². The summed E-state index contributed by atoms with van der Waals surface area (Å²) < 4.78 is 21.4. The Morgan fingerprint density at radius 1 is 0.862 bits per heavy atom. The average Bonchev–Trinajstić information content (AvgIpc) is 2.76. The molecule has 0 aliphatic rings. The molecule has 0 aliphatic heterocycles. The highest BCUT2D eigenvalue weighted by Crippen LogP contribution is 2.38. The minimum absolute atomic E-state index is 0.0902. The second kappa shape index (κ2) is 10.2. The van der Waals surface area contributed by atoms with Crippen LogP contribution in [0.25, 0.3) is 0 Å². The van der Waals surface area contributed by atoms with Crippen molar-refractivity contribution >= 4 is 11.8 Å². The summed E-state index contributed by atoms with van der Waals surface area (Å²) in [6.07, 6.45) is 0.974. The average molecular weight is 402 g/mol. The summed E-state index contributed by atoms with van der Waals surface area (Å²) in [6, 6.07) is 9.65. The Hall–Kier alpha value is -3.42. The number of carbonyl (C=O) groups excluding carboxylic acids is 2. The van der Waals surface area contributed by atoms with Gasteiger partial charge in [0, 0.05) is 11.1 Å². The van der Waals surface area contributed by atoms with E-state index in [1.54, 1.807) is 24.3 Å². The summed E-state index contributed by atoms with van der Waals surface area (Å²) in [6.45, 7) is 4.00. The summed E-state index contributed by atoms with van der Waals surface area (Å²) in [5.41, 5.74) is 5.37. The van der Waals surface area contributed by atoms with Crippen LogP contribution in [0.3, 0.4) is 0 Å². The Bertz CT molecular complexity index is 826. The highest BCUT2D eigenvalue weighted by atomic mass is 16.5. The standard InChI is InChI=1S/C21H26N2O6/c1-6-13(2)29-16-9-7-14(8-10-16)20(24)22-23-21(25)15-11-17(26-3)19(28-5)18(12-15)27-4/h7-13H,6H2,1-5H3,(H,22,24)(H,23,25). The number of rotatable bonds is 8. The lowest BCUT2D eigenvalue weighted by molar-refractivity contribution is 0.0846. The number of hydrogen-bond acceptors (Lipinski definition) is 6. The predicted octanol–water partition coefficient (Wildman–Crippen LogP) is 2.96. The third kappa shape index (κ3) is 5.54. The highest BCUT2D eigenvalue weighted by Gasteiger charge is 2.17. The molecule has 0 saturated heterocycles. The Balaban J connectivity index is 2.04. The fourth-order valence-corrected chi connectivity index (χ4v) is 2.47. The van der Waals surface area contributed by atoms with Gasteiger partial charge in [-0.25, -0.2) is 0 Å². The second-order valence-electron chi connectivity index (χ2n) is 6.18. The number of methoxy groups -OCH3 is 3. The van der Waals surface area contributed by atoms with Gasteiger partial charge in [-0.15, -0.1) is 0 Å². The first-order chi connectivity index (χ1) is 13.9. The number of benzene rings is 2. The summed E-state index contributed by atoms with van der Waals surface area (Å²) in [5, 5.41) is 0. The molecule has 0 aliphatic carbocycles. The zero-order valence-electron chi connectivity index (χ0n) is 17.2. The molecule has 156 valence electrons. The minimum Gasteiger partial charge on any atom is -0.493 e. The third-order valence-corrected chi connectivity index (χ3v) is 4.25. The molecule has 8 heteroatoms. The fraction of sp³-hybridized carbons (Fsp3) is 0.333. The van der Waals surface area contributed by atoms with Crippen molar-refractivity contribution < 1.29 is 28.5 Å². The molecular weight excluding hydrogens is 376 g/mol. The number of amides is 2. The molecule has 1 atom stereocenters. The van der Waals surface area contributed by atoms with Crippen LogP contribution in [0, 0.1) is 0 Å². The van der Waals surface area contributed by atoms with Gasteiger partial charge in [-0.05, 0) is 49.7 Å². The quantitative estimate of drug-likeness (QED) is 0.659. The third-order valence-electron chi connectivity index (χ3n) is 4.25. The van der Waals surface area contributed by atoms with Crippen molar-refractivity contribution in [3.8, 4) is 23.0 Å². The van der Waals surface area contributed by atoms with Gasteiger partial charge < -0.3 is 18.9 Å². The Morgan fingerprint density at radius 2 is 1.38 bits per heavy atom. The molecular formula is C21H26N2O6. The topological polar surface area (TPSA) is 95.1 Å². The smallest absolute Gasteiger partial charge is 0.269 e. The van der Waals surface area contributed by atoms with Gasteiger partial charge in [0.15, 0.2) is 11.5 Å². The molecule has 2 N–H and O–H groups in total. The molecule has 2 aromatic rings. The SMILES string of the molecule is CCC(C)Oc1ccc(C(=O)NNC(=O)c2cc(OC)c(OC)c(OC)c2)cc1. The van der Waals surface area contributed by atoms with Gasteiger partial charge >= 0.3 is 0 Å². The number of hydrazine groups is 1. The lowest BCUT2D eigenvalue weighted by Gasteiger charge is -2.14. The van der Waals surface area contributed by atoms with Crippen molar-refractivity contribution in [1.29, 1.82) is 0 Å². The molecule has 0 radical (unpaired) electrons. The van der Waals surface area contributed by atoms with Gasteiger partial charge in [-0.1, -0.05) is 6.92 Å². The molecule has 2 rings (SSSR count). The van der Waals surface area contributed by atoms with E-state index in [1.165, 1.54) is 33.5 Å². The molecule has 8 nitrogen and oxygen atoms in total. The summed E-state index contributed by atoms with van der Waals surface area (Å²) in [5.74, 6) is 0.725. The van der Waals surface area contributed by atoms with Crippen LogP contribution in [-0.4, -0.2) is 39.2 Å². The van der Waals surface area contributed by atoms with E-state index in [0.29, 0.717) is 28.6 Å². The van der Waals surface area contributed by atoms with Crippen molar-refractivity contribution in [2.24, 2.45) is 0 Å². The van der Waals surface area contributed by atoms with Gasteiger partial charge in [0.2, 0.25) is 5.75 Å². The number of carbonyl (C=O) groups is 2. The van der Waals surface area contributed by atoms with E-state index < -0.39 is 11.8 Å². The van der Waals surface area contributed by atoms with E-state index in [2.05, 4.69) is 10.9 Å². The molecule has 0 bridgehead atoms. The van der Waals surface area contributed by atoms with Crippen molar-refractivity contribution in [3.05, 3.63) is 47.5 Å². The number of ether oxygens (including phenoxy) is 4. The fourth-order valence-electron chi connectivity index (χ4n) is 2.47. The van der Waals surface area contributed by atoms with Crippen molar-refractivity contribution in [3.63, 3.8) is 0 Å². The van der Waals surface area contributed by atoms with Crippen LogP contribution >= 0.6 is 0 Å². The number of nitrogens with one attached hydrogen (secondary N) is 2. The molecule has 2 amide bonds. The van der Waals surface area contributed by atoms with Crippen LogP contribution in [-0.2, 0) is 0 Å². The molecule has 2 aromatic carbocycles. The van der Waals surface area contributed by atoms with E-state index in [9.17, 15) is 9.59 Å². The maximum absolute atomic E-state index is 12.4. The van der Waals surface area contributed by atoms with Gasteiger partial charge in [0.05, 0.1) is 27.4 Å². The van der Waals surface area contributed by atoms with Gasteiger partial charge in [-0.3, -0.25) is 20.4 Å². The number of hydrogen-bond donors (Lipinski definition) is 2. The monoisotopic (exact) mass is 402 g/mol. The Labute approximate surface area is 170 Å². The van der Waals surface area contributed by atoms with Crippen LogP contribution in [0.2, 0.25) is 0 Å². The van der Waals surface area contributed by atoms with Crippen molar-refractivity contribution in [2.75, 3.05) is 21.3 Å². The highest BCUT2D eigenvalue weighted by molar-refractivity contribution is 5.99. The van der Waals surface area contributed by atoms with E-state index >= 15 is 0 Å². The van der Waals surface area contributed by atoms with Gasteiger partial charge in [0.1, 0.15) is 5.75 Å². The first kappa shape index (κ1) is 21.9. The van der Waals surface area contributed by atoms with Crippen LogP contribution in [0.4, 0.5) is 0 Å². The van der Waals surface area contributed by atoms with Crippen molar-refractivity contribution in [2.45, 2.75) is 26.4 Å². The normalized spacial score (nSPS) is 11.2. The first-order valence-electron chi connectivity index (χ1n) is 9.10. The Morgan fingerprint density at radius 3 is 1.83 bits per heavy atom. The molecule has 29 heavy (non-hydrogen) atoms. The van der Waals surface area contributed by atoms with E-state index in [1.807, 2.05) is 13.8 Å². The summed E-state index contributed by atoms with van der Waals surface area (Å²) >= 11 is 0. The Kier molecular flexibility index (Phi) is 7.70. The van der Waals surface area contributed by atoms with Gasteiger partial charge in [0.25, 0.3) is 11.8 Å². The molecule has 1 unspecified atom stereocenters. The molecule has 0 saturated carbocycles. The maximum atomic E-state index is 12.4. The predicted molar refractivity (Wildman–Crippen MR) is 108 cm³/mol. The van der Waals surface area contributed by atoms with Crippen LogP contribution < -0.4 is 29.8 Å². The minimum atomic E-state index is -0.533. The first-order valence-corrected chi connectivity index (χ1v) is 9.10. The van der Waals surface area contributed by atoms with Crippen LogP contribution in [0.5, 0.6) is 23.0 Å². The second-order valence-corrected chi connectivity index (χ2v) is 6.18. The molecule has 0 fully saturated rings. The molecule has 0 heterocycles. The van der Waals surface area contributed by atoms with Crippen LogP contribution in [0.1, 0.15) is 41.0 Å². The zero-order valence-corrected chi connectivity index (χ0v) is 17.2. The summed E-state index contributed by atoms with van der Waals surface area (Å²) in [7, 11) is 4.38. The van der Waals surface area contributed by atoms with Gasteiger partial charge in [-0.2, -0.15) is 0 Å². The lowest BCUT2D eigenvalue weighted by Crippen LogP contribution is -2.41. The maximum Gasteiger partial charge on any atom is 0.269 e. The van der Waals surface area contributed by atoms with E-state index in [-0.39, 0.29) is 11.7 Å². The zero-order chi connectivity index (χ0) is 21.4. The summed E-state index contributed by atoms with van der Waals surface area (Å²) in [4.78, 5) is 24.7. The lowest BCUT2D eigenvalue weighted by atomic mass is 10.1. The molecule has 0 aromatic heterocycles.